The van der Waals surface area contributed by atoms with Crippen LogP contribution in [-0.4, -0.2) is 40.7 Å². The number of hydrogen-bond acceptors (Lipinski definition) is 6. The van der Waals surface area contributed by atoms with Crippen molar-refractivity contribution in [2.24, 2.45) is 5.92 Å². The summed E-state index contributed by atoms with van der Waals surface area (Å²) in [5.41, 5.74) is 3.02. The number of nitrogens with zero attached hydrogens (tertiary/aromatic N) is 3. The molecule has 0 bridgehead atoms. The first-order valence-corrected chi connectivity index (χ1v) is 10.1. The molecule has 1 unspecified atom stereocenters. The Bertz CT molecular complexity index is 924. The molecule has 0 radical (unpaired) electrons. The van der Waals surface area contributed by atoms with Gasteiger partial charge in [-0.15, -0.1) is 12.4 Å². The number of hydrogen-bond donors (Lipinski definition) is 2. The second-order valence-electron chi connectivity index (χ2n) is 7.38. The van der Waals surface area contributed by atoms with Gasteiger partial charge in [-0.1, -0.05) is 35.5 Å². The third-order valence-electron chi connectivity index (χ3n) is 5.10. The predicted octanol–water partition coefficient (Wildman–Crippen LogP) is 2.61. The first kappa shape index (κ1) is 21.9. The average Bonchev–Trinajstić information content (AvgIpc) is 3.42. The van der Waals surface area contributed by atoms with Gasteiger partial charge in [0.05, 0.1) is 6.42 Å². The Morgan fingerprint density at radius 1 is 1.17 bits per heavy atom. The first-order valence-electron chi connectivity index (χ1n) is 10.1. The van der Waals surface area contributed by atoms with Gasteiger partial charge < -0.3 is 15.2 Å². The SMILES string of the molecule is Cl.O=C(Cc1ccc(CC2CCNC2)cc1)NCCc1nc(-c2ccccn2)no1. The van der Waals surface area contributed by atoms with E-state index in [9.17, 15) is 4.79 Å². The highest BCUT2D eigenvalue weighted by molar-refractivity contribution is 5.85. The van der Waals surface area contributed by atoms with Gasteiger partial charge in [-0.05, 0) is 55.1 Å². The fourth-order valence-electron chi connectivity index (χ4n) is 3.53. The van der Waals surface area contributed by atoms with Crippen LogP contribution in [0.3, 0.4) is 0 Å². The summed E-state index contributed by atoms with van der Waals surface area (Å²) in [5, 5.41) is 10.2. The second-order valence-corrected chi connectivity index (χ2v) is 7.38. The molecule has 8 heteroatoms. The van der Waals surface area contributed by atoms with Gasteiger partial charge in [-0.25, -0.2) is 0 Å². The molecule has 3 heterocycles. The van der Waals surface area contributed by atoms with Gasteiger partial charge in [0, 0.05) is 19.2 Å². The van der Waals surface area contributed by atoms with Crippen LogP contribution < -0.4 is 10.6 Å². The minimum absolute atomic E-state index is 0. The Hall–Kier alpha value is -2.77. The van der Waals surface area contributed by atoms with E-state index >= 15 is 0 Å². The normalized spacial score (nSPS) is 15.5. The van der Waals surface area contributed by atoms with Gasteiger partial charge >= 0.3 is 0 Å². The summed E-state index contributed by atoms with van der Waals surface area (Å²) < 4.78 is 5.23. The minimum Gasteiger partial charge on any atom is -0.355 e. The van der Waals surface area contributed by atoms with Gasteiger partial charge in [0.15, 0.2) is 0 Å². The number of carbonyl (C=O) groups is 1. The number of benzene rings is 1. The molecule has 2 aromatic heterocycles. The topological polar surface area (TPSA) is 92.9 Å². The Labute approximate surface area is 182 Å². The zero-order valence-electron chi connectivity index (χ0n) is 16.7. The number of pyridine rings is 1. The van der Waals surface area contributed by atoms with Crippen LogP contribution in [0.15, 0.2) is 53.2 Å². The molecule has 1 fully saturated rings. The summed E-state index contributed by atoms with van der Waals surface area (Å²) in [6.07, 6.45) is 4.88. The van der Waals surface area contributed by atoms with E-state index in [4.69, 9.17) is 4.52 Å². The molecule has 0 spiro atoms. The van der Waals surface area contributed by atoms with E-state index < -0.39 is 0 Å². The lowest BCUT2D eigenvalue weighted by atomic mass is 9.97. The van der Waals surface area contributed by atoms with Crippen molar-refractivity contribution in [3.63, 3.8) is 0 Å². The highest BCUT2D eigenvalue weighted by Gasteiger charge is 2.15. The van der Waals surface area contributed by atoms with Crippen LogP contribution in [0.2, 0.25) is 0 Å². The third-order valence-corrected chi connectivity index (χ3v) is 5.10. The first-order chi connectivity index (χ1) is 14.3. The molecule has 158 valence electrons. The molecule has 3 aromatic rings. The van der Waals surface area contributed by atoms with E-state index in [0.29, 0.717) is 36.8 Å². The lowest BCUT2D eigenvalue weighted by Crippen LogP contribution is -2.27. The summed E-state index contributed by atoms with van der Waals surface area (Å²) in [7, 11) is 0. The Kier molecular flexibility index (Phi) is 7.93. The summed E-state index contributed by atoms with van der Waals surface area (Å²) in [6, 6.07) is 13.9. The van der Waals surface area contributed by atoms with E-state index in [2.05, 4.69) is 50.0 Å². The van der Waals surface area contributed by atoms with Crippen LogP contribution in [0.1, 0.15) is 23.4 Å². The molecule has 4 rings (SSSR count). The van der Waals surface area contributed by atoms with Gasteiger partial charge in [-0.3, -0.25) is 9.78 Å². The number of halogens is 1. The van der Waals surface area contributed by atoms with Gasteiger partial charge in [0.1, 0.15) is 5.69 Å². The summed E-state index contributed by atoms with van der Waals surface area (Å²) in [5.74, 6) is 1.66. The van der Waals surface area contributed by atoms with Gasteiger partial charge in [-0.2, -0.15) is 4.98 Å². The van der Waals surface area contributed by atoms with Crippen molar-refractivity contribution in [3.05, 3.63) is 65.7 Å². The zero-order chi connectivity index (χ0) is 19.9. The highest BCUT2D eigenvalue weighted by atomic mass is 35.5. The Morgan fingerprint density at radius 3 is 2.73 bits per heavy atom. The van der Waals surface area contributed by atoms with Crippen molar-refractivity contribution in [1.82, 2.24) is 25.8 Å². The Balaban J connectivity index is 0.00000256. The molecule has 1 saturated heterocycles. The van der Waals surface area contributed by atoms with Crippen molar-refractivity contribution in [1.29, 1.82) is 0 Å². The summed E-state index contributed by atoms with van der Waals surface area (Å²) in [6.45, 7) is 2.68. The molecule has 1 amide bonds. The number of rotatable bonds is 8. The molecular formula is C22H26ClN5O2. The van der Waals surface area contributed by atoms with E-state index in [-0.39, 0.29) is 18.3 Å². The minimum atomic E-state index is -0.0118. The fraction of sp³-hybridized carbons (Fsp3) is 0.364. The number of amides is 1. The fourth-order valence-corrected chi connectivity index (χ4v) is 3.53. The molecule has 1 atom stereocenters. The van der Waals surface area contributed by atoms with E-state index in [1.165, 1.54) is 12.0 Å². The van der Waals surface area contributed by atoms with E-state index in [1.807, 2.05) is 18.2 Å². The number of carbonyl (C=O) groups excluding carboxylic acids is 1. The van der Waals surface area contributed by atoms with Gasteiger partial charge in [0.25, 0.3) is 0 Å². The number of aromatic nitrogens is 3. The molecule has 7 nitrogen and oxygen atoms in total. The molecule has 0 aliphatic carbocycles. The lowest BCUT2D eigenvalue weighted by Gasteiger charge is -2.09. The largest absolute Gasteiger partial charge is 0.355 e. The van der Waals surface area contributed by atoms with Crippen LogP contribution in [-0.2, 0) is 24.1 Å². The predicted molar refractivity (Wildman–Crippen MR) is 116 cm³/mol. The van der Waals surface area contributed by atoms with Crippen LogP contribution in [0.25, 0.3) is 11.5 Å². The maximum atomic E-state index is 12.2. The summed E-state index contributed by atoms with van der Waals surface area (Å²) >= 11 is 0. The molecule has 30 heavy (non-hydrogen) atoms. The van der Waals surface area contributed by atoms with Crippen molar-refractivity contribution in [3.8, 4) is 11.5 Å². The maximum absolute atomic E-state index is 12.2. The van der Waals surface area contributed by atoms with Gasteiger partial charge in [0.2, 0.25) is 17.6 Å². The molecule has 2 N–H and O–H groups in total. The standard InChI is InChI=1S/C22H25N5O2.ClH/c28-20(14-17-6-4-16(5-7-17)13-18-8-11-23-15-18)25-12-9-21-26-22(27-29-21)19-3-1-2-10-24-19;/h1-7,10,18,23H,8-9,11-15H2,(H,25,28);1H. The average molecular weight is 428 g/mol. The second kappa shape index (κ2) is 10.8. The van der Waals surface area contributed by atoms with Crippen LogP contribution in [0.5, 0.6) is 0 Å². The number of nitrogens with one attached hydrogen (secondary N) is 2. The van der Waals surface area contributed by atoms with Crippen molar-refractivity contribution in [2.45, 2.75) is 25.7 Å². The quantitative estimate of drug-likeness (QED) is 0.574. The molecule has 1 aromatic carbocycles. The molecule has 1 aliphatic heterocycles. The highest BCUT2D eigenvalue weighted by Crippen LogP contribution is 2.16. The smallest absolute Gasteiger partial charge is 0.228 e. The third kappa shape index (κ3) is 6.11. The molecule has 1 aliphatic rings. The van der Waals surface area contributed by atoms with E-state index in [0.717, 1.165) is 31.0 Å². The van der Waals surface area contributed by atoms with Crippen molar-refractivity contribution >= 4 is 18.3 Å². The zero-order valence-corrected chi connectivity index (χ0v) is 17.5. The molecular weight excluding hydrogens is 402 g/mol. The van der Waals surface area contributed by atoms with Crippen LogP contribution in [0, 0.1) is 5.92 Å². The van der Waals surface area contributed by atoms with Crippen LogP contribution in [0.4, 0.5) is 0 Å². The lowest BCUT2D eigenvalue weighted by molar-refractivity contribution is -0.120. The molecule has 0 saturated carbocycles. The van der Waals surface area contributed by atoms with Crippen LogP contribution >= 0.6 is 12.4 Å². The van der Waals surface area contributed by atoms with Crippen molar-refractivity contribution in [2.75, 3.05) is 19.6 Å². The van der Waals surface area contributed by atoms with Crippen molar-refractivity contribution < 1.29 is 9.32 Å². The maximum Gasteiger partial charge on any atom is 0.228 e. The Morgan fingerprint density at radius 2 is 2.00 bits per heavy atom. The monoisotopic (exact) mass is 427 g/mol. The summed E-state index contributed by atoms with van der Waals surface area (Å²) in [4.78, 5) is 20.7. The van der Waals surface area contributed by atoms with E-state index in [1.54, 1.807) is 6.20 Å².